The maximum atomic E-state index is 11.7. The molecule has 0 aliphatic heterocycles. The zero-order chi connectivity index (χ0) is 12.8. The topological polar surface area (TPSA) is 67.2 Å². The first-order valence-electron chi connectivity index (χ1n) is 6.12. The number of nitrogens with zero attached hydrogens (tertiary/aromatic N) is 1. The zero-order valence-electron chi connectivity index (χ0n) is 10.4. The third-order valence-corrected chi connectivity index (χ3v) is 2.65. The van der Waals surface area contributed by atoms with E-state index in [1.807, 2.05) is 31.2 Å². The molecule has 0 atom stereocenters. The van der Waals surface area contributed by atoms with Gasteiger partial charge in [-0.15, -0.1) is 0 Å². The van der Waals surface area contributed by atoms with Crippen LogP contribution in [0, 0.1) is 0 Å². The summed E-state index contributed by atoms with van der Waals surface area (Å²) < 4.78 is 5.15. The van der Waals surface area contributed by atoms with Crippen molar-refractivity contribution in [2.75, 3.05) is 19.6 Å². The van der Waals surface area contributed by atoms with Crippen molar-refractivity contribution < 1.29 is 9.32 Å². The Morgan fingerprint density at radius 1 is 1.33 bits per heavy atom. The molecule has 0 spiro atoms. The quantitative estimate of drug-likeness (QED) is 0.750. The Balaban J connectivity index is 1.91. The van der Waals surface area contributed by atoms with Crippen molar-refractivity contribution in [3.63, 3.8) is 0 Å². The van der Waals surface area contributed by atoms with Crippen LogP contribution in [0.1, 0.15) is 12.6 Å². The van der Waals surface area contributed by atoms with Gasteiger partial charge in [0.25, 0.3) is 0 Å². The molecule has 1 aromatic heterocycles. The molecule has 0 radical (unpaired) electrons. The van der Waals surface area contributed by atoms with Crippen LogP contribution in [-0.4, -0.2) is 30.7 Å². The molecule has 5 nitrogen and oxygen atoms in total. The van der Waals surface area contributed by atoms with E-state index in [9.17, 15) is 4.79 Å². The van der Waals surface area contributed by atoms with E-state index in [1.54, 1.807) is 0 Å². The molecule has 0 aliphatic carbocycles. The number of rotatable bonds is 6. The molecule has 0 unspecified atom stereocenters. The fraction of sp³-hybridized carbons (Fsp3) is 0.385. The first-order valence-corrected chi connectivity index (χ1v) is 6.12. The number of para-hydroxylation sites is 1. The van der Waals surface area contributed by atoms with Crippen LogP contribution in [0.25, 0.3) is 11.0 Å². The van der Waals surface area contributed by atoms with Gasteiger partial charge in [-0.1, -0.05) is 24.2 Å². The average Bonchev–Trinajstić information content (AvgIpc) is 2.78. The van der Waals surface area contributed by atoms with Gasteiger partial charge in [-0.2, -0.15) is 0 Å². The van der Waals surface area contributed by atoms with E-state index in [4.69, 9.17) is 4.52 Å². The lowest BCUT2D eigenvalue weighted by Gasteiger charge is -2.04. The van der Waals surface area contributed by atoms with Gasteiger partial charge < -0.3 is 15.2 Å². The molecule has 2 aromatic rings. The van der Waals surface area contributed by atoms with E-state index in [0.29, 0.717) is 17.8 Å². The molecular weight excluding hydrogens is 230 g/mol. The minimum absolute atomic E-state index is 0.0352. The summed E-state index contributed by atoms with van der Waals surface area (Å²) in [4.78, 5) is 11.7. The Bertz CT molecular complexity index is 522. The highest BCUT2D eigenvalue weighted by atomic mass is 16.5. The third-order valence-electron chi connectivity index (χ3n) is 2.65. The van der Waals surface area contributed by atoms with Gasteiger partial charge in [-0.05, 0) is 18.7 Å². The summed E-state index contributed by atoms with van der Waals surface area (Å²) in [5.41, 5.74) is 1.40. The number of benzene rings is 1. The summed E-state index contributed by atoms with van der Waals surface area (Å²) in [6.45, 7) is 4.34. The molecule has 0 bridgehead atoms. The molecule has 1 amide bonds. The number of nitrogens with one attached hydrogen (secondary N) is 2. The van der Waals surface area contributed by atoms with Crippen molar-refractivity contribution in [1.82, 2.24) is 15.8 Å². The van der Waals surface area contributed by atoms with Gasteiger partial charge in [0.2, 0.25) is 5.91 Å². The van der Waals surface area contributed by atoms with Gasteiger partial charge in [-0.25, -0.2) is 0 Å². The van der Waals surface area contributed by atoms with E-state index in [1.165, 1.54) is 0 Å². The van der Waals surface area contributed by atoms with E-state index >= 15 is 0 Å². The first kappa shape index (κ1) is 12.6. The summed E-state index contributed by atoms with van der Waals surface area (Å²) in [7, 11) is 0. The lowest BCUT2D eigenvalue weighted by Crippen LogP contribution is -2.32. The van der Waals surface area contributed by atoms with Crippen LogP contribution < -0.4 is 10.6 Å². The van der Waals surface area contributed by atoms with E-state index < -0.39 is 0 Å². The minimum Gasteiger partial charge on any atom is -0.356 e. The largest absolute Gasteiger partial charge is 0.356 e. The SMILES string of the molecule is CCNCCNC(=O)Cc1noc2ccccc12. The maximum Gasteiger partial charge on any atom is 0.226 e. The number of carbonyl (C=O) groups excluding carboxylic acids is 1. The smallest absolute Gasteiger partial charge is 0.226 e. The lowest BCUT2D eigenvalue weighted by atomic mass is 10.1. The number of likely N-dealkylation sites (N-methyl/N-ethyl adjacent to an activating group) is 1. The molecule has 0 saturated carbocycles. The maximum absolute atomic E-state index is 11.7. The van der Waals surface area contributed by atoms with Gasteiger partial charge in [0.15, 0.2) is 5.58 Å². The molecule has 0 fully saturated rings. The summed E-state index contributed by atoms with van der Waals surface area (Å²) in [5, 5.41) is 10.8. The zero-order valence-corrected chi connectivity index (χ0v) is 10.4. The Labute approximate surface area is 106 Å². The van der Waals surface area contributed by atoms with Crippen LogP contribution >= 0.6 is 0 Å². The number of hydrogen-bond acceptors (Lipinski definition) is 4. The van der Waals surface area contributed by atoms with Crippen LogP contribution in [0.15, 0.2) is 28.8 Å². The van der Waals surface area contributed by atoms with E-state index in [-0.39, 0.29) is 12.3 Å². The fourth-order valence-electron chi connectivity index (χ4n) is 1.75. The highest BCUT2D eigenvalue weighted by molar-refractivity contribution is 5.86. The number of fused-ring (bicyclic) bond motifs is 1. The second kappa shape index (κ2) is 6.16. The third kappa shape index (κ3) is 3.07. The molecule has 1 heterocycles. The van der Waals surface area contributed by atoms with Crippen molar-refractivity contribution in [2.24, 2.45) is 0 Å². The van der Waals surface area contributed by atoms with Gasteiger partial charge in [0.05, 0.1) is 6.42 Å². The van der Waals surface area contributed by atoms with Crippen molar-refractivity contribution in [3.05, 3.63) is 30.0 Å². The molecule has 96 valence electrons. The summed E-state index contributed by atoms with van der Waals surface area (Å²) >= 11 is 0. The van der Waals surface area contributed by atoms with Crippen LogP contribution in [0.5, 0.6) is 0 Å². The van der Waals surface area contributed by atoms with Crippen LogP contribution in [0.4, 0.5) is 0 Å². The van der Waals surface area contributed by atoms with Crippen molar-refractivity contribution >= 4 is 16.9 Å². The molecule has 2 N–H and O–H groups in total. The highest BCUT2D eigenvalue weighted by Crippen LogP contribution is 2.17. The van der Waals surface area contributed by atoms with E-state index in [2.05, 4.69) is 15.8 Å². The normalized spacial score (nSPS) is 10.7. The lowest BCUT2D eigenvalue weighted by molar-refractivity contribution is -0.120. The number of carbonyl (C=O) groups is 1. The van der Waals surface area contributed by atoms with Crippen LogP contribution in [0.2, 0.25) is 0 Å². The average molecular weight is 247 g/mol. The Morgan fingerprint density at radius 3 is 3.00 bits per heavy atom. The minimum atomic E-state index is -0.0352. The molecular formula is C13H17N3O2. The highest BCUT2D eigenvalue weighted by Gasteiger charge is 2.11. The van der Waals surface area contributed by atoms with Crippen LogP contribution in [0.3, 0.4) is 0 Å². The molecule has 2 rings (SSSR count). The molecule has 0 aliphatic rings. The van der Waals surface area contributed by atoms with Gasteiger partial charge in [0.1, 0.15) is 5.69 Å². The fourth-order valence-corrected chi connectivity index (χ4v) is 1.75. The number of aromatic nitrogens is 1. The van der Waals surface area contributed by atoms with Gasteiger partial charge in [0, 0.05) is 18.5 Å². The van der Waals surface area contributed by atoms with Gasteiger partial charge >= 0.3 is 0 Å². The second-order valence-electron chi connectivity index (χ2n) is 4.01. The van der Waals surface area contributed by atoms with Crippen molar-refractivity contribution in [2.45, 2.75) is 13.3 Å². The molecule has 18 heavy (non-hydrogen) atoms. The predicted octanol–water partition coefficient (Wildman–Crippen LogP) is 1.10. The standard InChI is InChI=1S/C13H17N3O2/c1-2-14-7-8-15-13(17)9-11-10-5-3-4-6-12(10)18-16-11/h3-6,14H,2,7-9H2,1H3,(H,15,17). The summed E-state index contributed by atoms with van der Waals surface area (Å²) in [6, 6.07) is 7.54. The van der Waals surface area contributed by atoms with Crippen molar-refractivity contribution in [3.8, 4) is 0 Å². The summed E-state index contributed by atoms with van der Waals surface area (Å²) in [6.07, 6.45) is 0.253. The van der Waals surface area contributed by atoms with Gasteiger partial charge in [-0.3, -0.25) is 4.79 Å². The Kier molecular flexibility index (Phi) is 4.30. The predicted molar refractivity (Wildman–Crippen MR) is 69.3 cm³/mol. The first-order chi connectivity index (χ1) is 8.81. The monoisotopic (exact) mass is 247 g/mol. The van der Waals surface area contributed by atoms with Crippen molar-refractivity contribution in [1.29, 1.82) is 0 Å². The molecule has 5 heteroatoms. The molecule has 1 aromatic carbocycles. The number of amides is 1. The Hall–Kier alpha value is -1.88. The molecule has 0 saturated heterocycles. The second-order valence-corrected chi connectivity index (χ2v) is 4.01. The van der Waals surface area contributed by atoms with E-state index in [0.717, 1.165) is 18.5 Å². The van der Waals surface area contributed by atoms with Crippen LogP contribution in [-0.2, 0) is 11.2 Å². The summed E-state index contributed by atoms with van der Waals surface area (Å²) in [5.74, 6) is -0.0352. The Morgan fingerprint density at radius 2 is 2.17 bits per heavy atom. The number of hydrogen-bond donors (Lipinski definition) is 2.